The molecular weight excluding hydrogens is 322 g/mol. The third-order valence-electron chi connectivity index (χ3n) is 4.72. The molecule has 26 heavy (non-hydrogen) atoms. The van der Waals surface area contributed by atoms with Crippen LogP contribution in [0.25, 0.3) is 10.9 Å². The summed E-state index contributed by atoms with van der Waals surface area (Å²) in [5.74, 6) is 0.942. The van der Waals surface area contributed by atoms with Gasteiger partial charge in [-0.1, -0.05) is 56.2 Å². The molecule has 0 amide bonds. The van der Waals surface area contributed by atoms with E-state index in [1.54, 1.807) is 0 Å². The van der Waals surface area contributed by atoms with Crippen LogP contribution in [0.4, 0.5) is 0 Å². The van der Waals surface area contributed by atoms with Crippen LogP contribution in [0.15, 0.2) is 54.7 Å². The van der Waals surface area contributed by atoms with Gasteiger partial charge in [-0.3, -0.25) is 4.79 Å². The Hall–Kier alpha value is -2.55. The molecule has 2 aromatic carbocycles. The number of Topliss-reactive ketones (excluding diaryl/α,β-unsaturated/α-hetero) is 1. The molecule has 0 bridgehead atoms. The number of aryl methyl sites for hydroxylation is 1. The first-order chi connectivity index (χ1) is 12.7. The predicted octanol–water partition coefficient (Wildman–Crippen LogP) is 5.66. The van der Waals surface area contributed by atoms with Gasteiger partial charge in [0.25, 0.3) is 0 Å². The number of fused-ring (bicyclic) bond motifs is 1. The summed E-state index contributed by atoms with van der Waals surface area (Å²) in [6, 6.07) is 16.0. The molecule has 0 fully saturated rings. The molecular formula is C23H27NO2. The van der Waals surface area contributed by atoms with Crippen molar-refractivity contribution in [1.29, 1.82) is 0 Å². The summed E-state index contributed by atoms with van der Waals surface area (Å²) in [6.45, 7) is 5.72. The molecule has 0 aliphatic heterocycles. The van der Waals surface area contributed by atoms with E-state index in [0.717, 1.165) is 40.7 Å². The number of ether oxygens (including phenoxy) is 1. The number of unbranched alkanes of at least 4 members (excludes halogenated alkanes) is 2. The van der Waals surface area contributed by atoms with Crippen molar-refractivity contribution in [2.24, 2.45) is 0 Å². The third-order valence-corrected chi connectivity index (χ3v) is 4.72. The number of para-hydroxylation sites is 2. The summed E-state index contributed by atoms with van der Waals surface area (Å²) in [5.41, 5.74) is 2.90. The number of hydrogen-bond acceptors (Lipinski definition) is 2. The van der Waals surface area contributed by atoms with Gasteiger partial charge in [-0.2, -0.15) is 0 Å². The maximum atomic E-state index is 13.1. The van der Waals surface area contributed by atoms with Gasteiger partial charge in [-0.15, -0.1) is 0 Å². The smallest absolute Gasteiger partial charge is 0.169 e. The third kappa shape index (κ3) is 3.98. The summed E-state index contributed by atoms with van der Waals surface area (Å²) in [7, 11) is 0. The van der Waals surface area contributed by atoms with Crippen LogP contribution in [-0.4, -0.2) is 17.0 Å². The Kier molecular flexibility index (Phi) is 6.11. The van der Waals surface area contributed by atoms with Gasteiger partial charge in [0.2, 0.25) is 0 Å². The van der Waals surface area contributed by atoms with E-state index in [9.17, 15) is 4.79 Å². The number of carbonyl (C=O) groups excluding carboxylic acids is 1. The van der Waals surface area contributed by atoms with E-state index >= 15 is 0 Å². The second kappa shape index (κ2) is 8.70. The van der Waals surface area contributed by atoms with Crippen molar-refractivity contribution in [3.05, 3.63) is 65.9 Å². The lowest BCUT2D eigenvalue weighted by Gasteiger charge is -2.09. The molecule has 1 heterocycles. The minimum atomic E-state index is 0.141. The number of nitrogens with zero attached hydrogens (tertiary/aromatic N) is 1. The molecule has 1 aromatic heterocycles. The van der Waals surface area contributed by atoms with E-state index < -0.39 is 0 Å². The molecule has 3 aromatic rings. The fourth-order valence-electron chi connectivity index (χ4n) is 3.40. The molecule has 136 valence electrons. The maximum Gasteiger partial charge on any atom is 0.169 e. The zero-order valence-corrected chi connectivity index (χ0v) is 15.7. The summed E-state index contributed by atoms with van der Waals surface area (Å²) in [6.07, 6.45) is 5.93. The highest BCUT2D eigenvalue weighted by Crippen LogP contribution is 2.25. The van der Waals surface area contributed by atoms with E-state index in [-0.39, 0.29) is 5.78 Å². The highest BCUT2D eigenvalue weighted by Gasteiger charge is 2.16. The van der Waals surface area contributed by atoms with Crippen LogP contribution in [0, 0.1) is 0 Å². The molecule has 0 unspecified atom stereocenters. The molecule has 0 aliphatic carbocycles. The van der Waals surface area contributed by atoms with E-state index in [4.69, 9.17) is 4.74 Å². The van der Waals surface area contributed by atoms with Crippen LogP contribution < -0.4 is 4.74 Å². The lowest BCUT2D eigenvalue weighted by atomic mass is 10.0. The second-order valence-corrected chi connectivity index (χ2v) is 6.60. The zero-order chi connectivity index (χ0) is 18.4. The number of aromatic nitrogens is 1. The molecule has 0 saturated heterocycles. The van der Waals surface area contributed by atoms with Crippen molar-refractivity contribution < 1.29 is 9.53 Å². The van der Waals surface area contributed by atoms with Crippen LogP contribution in [-0.2, 0) is 13.0 Å². The Morgan fingerprint density at radius 1 is 1.00 bits per heavy atom. The molecule has 3 heteroatoms. The van der Waals surface area contributed by atoms with Gasteiger partial charge < -0.3 is 9.30 Å². The van der Waals surface area contributed by atoms with Gasteiger partial charge >= 0.3 is 0 Å². The molecule has 3 rings (SSSR count). The van der Waals surface area contributed by atoms with Crippen molar-refractivity contribution >= 4 is 16.7 Å². The summed E-state index contributed by atoms with van der Waals surface area (Å²) in [4.78, 5) is 13.1. The zero-order valence-electron chi connectivity index (χ0n) is 15.7. The fourth-order valence-corrected chi connectivity index (χ4v) is 3.40. The van der Waals surface area contributed by atoms with Gasteiger partial charge in [0.15, 0.2) is 5.78 Å². The summed E-state index contributed by atoms with van der Waals surface area (Å²) in [5, 5.41) is 1.04. The van der Waals surface area contributed by atoms with Crippen LogP contribution in [0.1, 0.15) is 49.0 Å². The van der Waals surface area contributed by atoms with Crippen molar-refractivity contribution in [3.8, 4) is 5.75 Å². The fraction of sp³-hybridized carbons (Fsp3) is 0.348. The highest BCUT2D eigenvalue weighted by atomic mass is 16.5. The Morgan fingerprint density at radius 3 is 2.58 bits per heavy atom. The first-order valence-corrected chi connectivity index (χ1v) is 9.56. The molecule has 0 atom stereocenters. The number of hydrogen-bond donors (Lipinski definition) is 0. The van der Waals surface area contributed by atoms with E-state index in [2.05, 4.69) is 17.6 Å². The van der Waals surface area contributed by atoms with Crippen LogP contribution in [0.5, 0.6) is 5.75 Å². The Morgan fingerprint density at radius 2 is 1.77 bits per heavy atom. The van der Waals surface area contributed by atoms with Gasteiger partial charge in [-0.25, -0.2) is 0 Å². The van der Waals surface area contributed by atoms with Gasteiger partial charge in [0, 0.05) is 41.2 Å². The first-order valence-electron chi connectivity index (χ1n) is 9.56. The Balaban J connectivity index is 1.89. The number of carbonyl (C=O) groups is 1. The average molecular weight is 349 g/mol. The topological polar surface area (TPSA) is 31.2 Å². The minimum Gasteiger partial charge on any atom is -0.494 e. The minimum absolute atomic E-state index is 0.141. The van der Waals surface area contributed by atoms with Crippen LogP contribution >= 0.6 is 0 Å². The van der Waals surface area contributed by atoms with Crippen molar-refractivity contribution in [1.82, 2.24) is 4.57 Å². The Bertz CT molecular complexity index is 879. The maximum absolute atomic E-state index is 13.1. The van der Waals surface area contributed by atoms with Crippen molar-refractivity contribution in [3.63, 3.8) is 0 Å². The summed E-state index contributed by atoms with van der Waals surface area (Å²) >= 11 is 0. The summed E-state index contributed by atoms with van der Waals surface area (Å²) < 4.78 is 7.90. The van der Waals surface area contributed by atoms with Crippen LogP contribution in [0.2, 0.25) is 0 Å². The molecule has 0 spiro atoms. The largest absolute Gasteiger partial charge is 0.494 e. The molecule has 3 nitrogen and oxygen atoms in total. The van der Waals surface area contributed by atoms with Crippen molar-refractivity contribution in [2.45, 2.75) is 46.1 Å². The molecule has 0 N–H and O–H groups in total. The van der Waals surface area contributed by atoms with Gasteiger partial charge in [0.1, 0.15) is 5.75 Å². The average Bonchev–Trinajstić information content (AvgIpc) is 3.03. The predicted molar refractivity (Wildman–Crippen MR) is 107 cm³/mol. The first kappa shape index (κ1) is 18.2. The number of benzene rings is 2. The van der Waals surface area contributed by atoms with Gasteiger partial charge in [0.05, 0.1) is 6.61 Å². The molecule has 0 saturated carbocycles. The highest BCUT2D eigenvalue weighted by molar-refractivity contribution is 6.09. The quantitative estimate of drug-likeness (QED) is 0.369. The van der Waals surface area contributed by atoms with E-state index in [1.165, 1.54) is 12.8 Å². The van der Waals surface area contributed by atoms with E-state index in [1.807, 2.05) is 55.6 Å². The standard InChI is InChI=1S/C23H27NO2/c1-3-5-10-15-24-17-20(19-12-7-8-13-21(19)24)22(25)16-18-11-6-9-14-23(18)26-4-2/h6-9,11-14,17H,3-5,10,15-16H2,1-2H3. The second-order valence-electron chi connectivity index (χ2n) is 6.60. The SMILES string of the molecule is CCCCCn1cc(C(=O)Cc2ccccc2OCC)c2ccccc21. The normalized spacial score (nSPS) is 11.0. The van der Waals surface area contributed by atoms with Crippen LogP contribution in [0.3, 0.4) is 0 Å². The Labute approximate surface area is 155 Å². The monoisotopic (exact) mass is 349 g/mol. The van der Waals surface area contributed by atoms with E-state index in [0.29, 0.717) is 13.0 Å². The molecule has 0 radical (unpaired) electrons. The van der Waals surface area contributed by atoms with Gasteiger partial charge in [-0.05, 0) is 25.5 Å². The molecule has 0 aliphatic rings. The lowest BCUT2D eigenvalue weighted by molar-refractivity contribution is 0.0993. The number of ketones is 1. The van der Waals surface area contributed by atoms with Crippen molar-refractivity contribution in [2.75, 3.05) is 6.61 Å². The number of rotatable bonds is 9. The lowest BCUT2D eigenvalue weighted by Crippen LogP contribution is -2.05.